The first-order valence-corrected chi connectivity index (χ1v) is 7.33. The van der Waals surface area contributed by atoms with Crippen molar-refractivity contribution in [3.8, 4) is 0 Å². The van der Waals surface area contributed by atoms with E-state index in [4.69, 9.17) is 4.74 Å². The zero-order valence-electron chi connectivity index (χ0n) is 11.7. The Morgan fingerprint density at radius 2 is 2.10 bits per heavy atom. The van der Waals surface area contributed by atoms with E-state index in [0.717, 1.165) is 19.3 Å². The lowest BCUT2D eigenvalue weighted by Gasteiger charge is -2.32. The van der Waals surface area contributed by atoms with Crippen LogP contribution in [0.3, 0.4) is 0 Å². The molecule has 1 aliphatic carbocycles. The predicted molar refractivity (Wildman–Crippen MR) is 73.6 cm³/mol. The molecule has 20 heavy (non-hydrogen) atoms. The summed E-state index contributed by atoms with van der Waals surface area (Å²) in [4.78, 5) is 14.6. The molecule has 1 heterocycles. The Hall–Kier alpha value is -1.42. The number of halogens is 1. The summed E-state index contributed by atoms with van der Waals surface area (Å²) >= 11 is 0. The highest BCUT2D eigenvalue weighted by atomic mass is 19.1. The topological polar surface area (TPSA) is 29.5 Å². The first kappa shape index (κ1) is 13.6. The quantitative estimate of drug-likeness (QED) is 0.847. The van der Waals surface area contributed by atoms with E-state index in [9.17, 15) is 9.18 Å². The maximum absolute atomic E-state index is 14.0. The van der Waals surface area contributed by atoms with Crippen molar-refractivity contribution in [2.75, 3.05) is 13.2 Å². The predicted octanol–water partition coefficient (Wildman–Crippen LogP) is 2.91. The van der Waals surface area contributed by atoms with E-state index in [1.807, 2.05) is 17.9 Å². The molecular formula is C16H20FNO2. The monoisotopic (exact) mass is 277 g/mol. The lowest BCUT2D eigenvalue weighted by Crippen LogP contribution is -2.40. The first-order chi connectivity index (χ1) is 9.68. The molecule has 2 aliphatic rings. The standard InChI is InChI=1S/C16H20FNO2/c1-11(14-4-2-3-5-15(14)17)18(13-6-7-13)16(19)12-8-9-20-10-12/h2-5,11-13H,6-10H2,1H3. The van der Waals surface area contributed by atoms with E-state index in [0.29, 0.717) is 18.8 Å². The third-order valence-electron chi connectivity index (χ3n) is 4.25. The molecule has 2 fully saturated rings. The number of hydrogen-bond acceptors (Lipinski definition) is 2. The maximum atomic E-state index is 14.0. The highest BCUT2D eigenvalue weighted by molar-refractivity contribution is 5.80. The Morgan fingerprint density at radius 3 is 2.70 bits per heavy atom. The van der Waals surface area contributed by atoms with Crippen LogP contribution in [-0.2, 0) is 9.53 Å². The minimum Gasteiger partial charge on any atom is -0.381 e. The van der Waals surface area contributed by atoms with Crippen LogP contribution in [0.4, 0.5) is 4.39 Å². The van der Waals surface area contributed by atoms with E-state index in [1.54, 1.807) is 12.1 Å². The molecule has 2 unspecified atom stereocenters. The molecule has 1 aromatic carbocycles. The minimum atomic E-state index is -0.235. The van der Waals surface area contributed by atoms with Gasteiger partial charge in [0.2, 0.25) is 5.91 Å². The molecule has 1 aliphatic heterocycles. The zero-order chi connectivity index (χ0) is 14.1. The number of hydrogen-bond donors (Lipinski definition) is 0. The lowest BCUT2D eigenvalue weighted by atomic mass is 10.0. The molecule has 4 heteroatoms. The van der Waals surface area contributed by atoms with Crippen molar-refractivity contribution in [1.29, 1.82) is 0 Å². The summed E-state index contributed by atoms with van der Waals surface area (Å²) in [7, 11) is 0. The number of carbonyl (C=O) groups is 1. The largest absolute Gasteiger partial charge is 0.381 e. The van der Waals surface area contributed by atoms with Crippen molar-refractivity contribution < 1.29 is 13.9 Å². The minimum absolute atomic E-state index is 0.0511. The molecule has 1 amide bonds. The third-order valence-corrected chi connectivity index (χ3v) is 4.25. The second-order valence-electron chi connectivity index (χ2n) is 5.73. The van der Waals surface area contributed by atoms with Crippen molar-refractivity contribution in [1.82, 2.24) is 4.90 Å². The smallest absolute Gasteiger partial charge is 0.228 e. The van der Waals surface area contributed by atoms with Gasteiger partial charge in [-0.3, -0.25) is 4.79 Å². The van der Waals surface area contributed by atoms with Crippen molar-refractivity contribution in [3.63, 3.8) is 0 Å². The molecule has 108 valence electrons. The van der Waals surface area contributed by atoms with Crippen LogP contribution >= 0.6 is 0 Å². The molecular weight excluding hydrogens is 257 g/mol. The maximum Gasteiger partial charge on any atom is 0.228 e. The number of benzene rings is 1. The van der Waals surface area contributed by atoms with Gasteiger partial charge in [0.15, 0.2) is 0 Å². The molecule has 2 atom stereocenters. The Balaban J connectivity index is 1.83. The van der Waals surface area contributed by atoms with Gasteiger partial charge in [-0.15, -0.1) is 0 Å². The molecule has 0 bridgehead atoms. The van der Waals surface area contributed by atoms with Gasteiger partial charge in [-0.2, -0.15) is 0 Å². The molecule has 3 rings (SSSR count). The summed E-state index contributed by atoms with van der Waals surface area (Å²) in [6.07, 6.45) is 2.84. The summed E-state index contributed by atoms with van der Waals surface area (Å²) in [6, 6.07) is 6.80. The fourth-order valence-electron chi connectivity index (χ4n) is 2.94. The number of carbonyl (C=O) groups excluding carboxylic acids is 1. The Kier molecular flexibility index (Phi) is 3.74. The molecule has 3 nitrogen and oxygen atoms in total. The van der Waals surface area contributed by atoms with Crippen molar-refractivity contribution in [2.45, 2.75) is 38.3 Å². The van der Waals surface area contributed by atoms with Gasteiger partial charge in [0, 0.05) is 18.2 Å². The molecule has 1 saturated carbocycles. The fraction of sp³-hybridized carbons (Fsp3) is 0.562. The number of ether oxygens (including phenoxy) is 1. The Labute approximate surface area is 118 Å². The second kappa shape index (κ2) is 5.52. The number of rotatable bonds is 4. The van der Waals surface area contributed by atoms with Crippen LogP contribution in [0, 0.1) is 11.7 Å². The van der Waals surface area contributed by atoms with Crippen LogP contribution in [0.5, 0.6) is 0 Å². The normalized spacial score (nSPS) is 23.6. The van der Waals surface area contributed by atoms with Gasteiger partial charge in [0.1, 0.15) is 5.82 Å². The summed E-state index contributed by atoms with van der Waals surface area (Å²) in [6.45, 7) is 3.08. The summed E-state index contributed by atoms with van der Waals surface area (Å²) < 4.78 is 19.3. The Morgan fingerprint density at radius 1 is 1.35 bits per heavy atom. The fourth-order valence-corrected chi connectivity index (χ4v) is 2.94. The molecule has 0 spiro atoms. The Bertz CT molecular complexity index is 495. The van der Waals surface area contributed by atoms with Crippen LogP contribution in [0.1, 0.15) is 37.8 Å². The lowest BCUT2D eigenvalue weighted by molar-refractivity contribution is -0.138. The van der Waals surface area contributed by atoms with E-state index in [1.165, 1.54) is 6.07 Å². The molecule has 1 saturated heterocycles. The van der Waals surface area contributed by atoms with Crippen LogP contribution in [-0.4, -0.2) is 30.1 Å². The summed E-state index contributed by atoms with van der Waals surface area (Å²) in [5.41, 5.74) is 0.603. The van der Waals surface area contributed by atoms with Crippen LogP contribution in [0.25, 0.3) is 0 Å². The molecule has 0 aromatic heterocycles. The average Bonchev–Trinajstić information content (AvgIpc) is 3.12. The number of nitrogens with zero attached hydrogens (tertiary/aromatic N) is 1. The zero-order valence-corrected chi connectivity index (χ0v) is 11.7. The van der Waals surface area contributed by atoms with Crippen LogP contribution in [0.15, 0.2) is 24.3 Å². The van der Waals surface area contributed by atoms with E-state index >= 15 is 0 Å². The van der Waals surface area contributed by atoms with Crippen LogP contribution < -0.4 is 0 Å². The van der Waals surface area contributed by atoms with Crippen molar-refractivity contribution >= 4 is 5.91 Å². The number of amides is 1. The average molecular weight is 277 g/mol. The van der Waals surface area contributed by atoms with E-state index < -0.39 is 0 Å². The summed E-state index contributed by atoms with van der Waals surface area (Å²) in [5, 5.41) is 0. The van der Waals surface area contributed by atoms with Gasteiger partial charge < -0.3 is 9.64 Å². The van der Waals surface area contributed by atoms with Gasteiger partial charge in [-0.05, 0) is 32.3 Å². The summed E-state index contributed by atoms with van der Waals surface area (Å²) in [5.74, 6) is -0.160. The van der Waals surface area contributed by atoms with Crippen molar-refractivity contribution in [3.05, 3.63) is 35.6 Å². The van der Waals surface area contributed by atoms with Crippen LogP contribution in [0.2, 0.25) is 0 Å². The van der Waals surface area contributed by atoms with Gasteiger partial charge in [0.05, 0.1) is 18.6 Å². The van der Waals surface area contributed by atoms with Gasteiger partial charge in [0.25, 0.3) is 0 Å². The molecule has 0 radical (unpaired) electrons. The first-order valence-electron chi connectivity index (χ1n) is 7.33. The second-order valence-corrected chi connectivity index (χ2v) is 5.73. The van der Waals surface area contributed by atoms with E-state index in [-0.39, 0.29) is 29.7 Å². The molecule has 0 N–H and O–H groups in total. The van der Waals surface area contributed by atoms with Gasteiger partial charge >= 0.3 is 0 Å². The molecule has 1 aromatic rings. The highest BCUT2D eigenvalue weighted by Crippen LogP contribution is 2.37. The van der Waals surface area contributed by atoms with Gasteiger partial charge in [-0.25, -0.2) is 4.39 Å². The third kappa shape index (κ3) is 2.57. The highest BCUT2D eigenvalue weighted by Gasteiger charge is 2.40. The van der Waals surface area contributed by atoms with Crippen molar-refractivity contribution in [2.24, 2.45) is 5.92 Å². The van der Waals surface area contributed by atoms with Gasteiger partial charge in [-0.1, -0.05) is 18.2 Å². The van der Waals surface area contributed by atoms with E-state index in [2.05, 4.69) is 0 Å². The SMILES string of the molecule is CC(c1ccccc1F)N(C(=O)C1CCOC1)C1CC1.